The highest BCUT2D eigenvalue weighted by Crippen LogP contribution is 2.40. The number of fused-ring (bicyclic) bond motifs is 1. The maximum Gasteiger partial charge on any atom is 0.419 e. The lowest BCUT2D eigenvalue weighted by Gasteiger charge is -2.35. The zero-order valence-corrected chi connectivity index (χ0v) is 33.1. The van der Waals surface area contributed by atoms with Gasteiger partial charge in [0.05, 0.1) is 22.6 Å². The first kappa shape index (κ1) is 41.2. The Labute approximate surface area is 310 Å². The number of aromatic nitrogens is 1. The van der Waals surface area contributed by atoms with Crippen LogP contribution in [0, 0.1) is 5.41 Å². The largest absolute Gasteiger partial charge is 0.492 e. The number of hydrogen-bond acceptors (Lipinski definition) is 11. The molecule has 16 heteroatoms. The topological polar surface area (TPSA) is 182 Å². The first-order valence-corrected chi connectivity index (χ1v) is 19.4. The van der Waals surface area contributed by atoms with Crippen LogP contribution < -0.4 is 14.6 Å². The minimum absolute atomic E-state index is 0.0327. The SMILES string of the molecule is CC(C)(C)OC(=O)Nc1ccc(OP(C)(=O)O)cc1C(=N)c1cc2cc(OCCN3CCN(C(=O)OC(C)(C)C)CC3)ccc2n1C(=O)OC(C)(C)C. The van der Waals surface area contributed by atoms with E-state index in [-0.39, 0.29) is 34.5 Å². The average Bonchev–Trinajstić information content (AvgIpc) is 3.37. The Morgan fingerprint density at radius 3 is 1.98 bits per heavy atom. The molecule has 1 aliphatic heterocycles. The third-order valence-electron chi connectivity index (χ3n) is 7.48. The monoisotopic (exact) mass is 757 g/mol. The quantitative estimate of drug-likeness (QED) is 0.113. The van der Waals surface area contributed by atoms with E-state index >= 15 is 0 Å². The van der Waals surface area contributed by atoms with Crippen molar-refractivity contribution in [1.29, 1.82) is 5.41 Å². The Morgan fingerprint density at radius 2 is 1.40 bits per heavy atom. The van der Waals surface area contributed by atoms with Crippen molar-refractivity contribution in [3.8, 4) is 11.5 Å². The van der Waals surface area contributed by atoms with Crippen LogP contribution in [-0.4, -0.2) is 106 Å². The highest BCUT2D eigenvalue weighted by atomic mass is 31.2. The number of amides is 2. The molecule has 1 fully saturated rings. The number of anilines is 1. The maximum atomic E-state index is 13.7. The van der Waals surface area contributed by atoms with Crippen LogP contribution in [0.1, 0.15) is 73.6 Å². The van der Waals surface area contributed by atoms with Crippen molar-refractivity contribution in [1.82, 2.24) is 14.4 Å². The first-order valence-electron chi connectivity index (χ1n) is 17.3. The second kappa shape index (κ2) is 15.8. The number of rotatable bonds is 9. The molecule has 0 aliphatic carbocycles. The normalized spacial score (nSPS) is 15.3. The molecule has 1 saturated heterocycles. The van der Waals surface area contributed by atoms with Gasteiger partial charge in [-0.05, 0) is 105 Å². The van der Waals surface area contributed by atoms with Gasteiger partial charge < -0.3 is 33.3 Å². The maximum absolute atomic E-state index is 13.7. The average molecular weight is 758 g/mol. The molecule has 0 radical (unpaired) electrons. The number of carbonyl (C=O) groups excluding carboxylic acids is 3. The van der Waals surface area contributed by atoms with Crippen molar-refractivity contribution in [3.05, 3.63) is 53.7 Å². The van der Waals surface area contributed by atoms with E-state index in [0.717, 1.165) is 6.66 Å². The summed E-state index contributed by atoms with van der Waals surface area (Å²) in [5, 5.41) is 12.6. The molecule has 53 heavy (non-hydrogen) atoms. The second-order valence-electron chi connectivity index (χ2n) is 15.8. The van der Waals surface area contributed by atoms with Crippen LogP contribution in [0.3, 0.4) is 0 Å². The molecule has 15 nitrogen and oxygen atoms in total. The molecule has 1 atom stereocenters. The summed E-state index contributed by atoms with van der Waals surface area (Å²) >= 11 is 0. The van der Waals surface area contributed by atoms with Crippen molar-refractivity contribution in [2.24, 2.45) is 0 Å². The number of piperazine rings is 1. The molecule has 0 spiro atoms. The van der Waals surface area contributed by atoms with Crippen molar-refractivity contribution in [3.63, 3.8) is 0 Å². The highest BCUT2D eigenvalue weighted by molar-refractivity contribution is 7.52. The summed E-state index contributed by atoms with van der Waals surface area (Å²) in [6.45, 7) is 20.3. The van der Waals surface area contributed by atoms with Gasteiger partial charge in [0.1, 0.15) is 34.9 Å². The summed E-state index contributed by atoms with van der Waals surface area (Å²) in [4.78, 5) is 52.7. The number of nitrogens with zero attached hydrogens (tertiary/aromatic N) is 3. The molecule has 1 aromatic heterocycles. The van der Waals surface area contributed by atoms with E-state index in [1.165, 1.54) is 22.8 Å². The molecule has 1 unspecified atom stereocenters. The van der Waals surface area contributed by atoms with Gasteiger partial charge in [0.2, 0.25) is 0 Å². The molecular formula is C37H52N5O10P. The lowest BCUT2D eigenvalue weighted by molar-refractivity contribution is 0.0136. The predicted molar refractivity (Wildman–Crippen MR) is 202 cm³/mol. The summed E-state index contributed by atoms with van der Waals surface area (Å²) in [6, 6.07) is 10.9. The van der Waals surface area contributed by atoms with Gasteiger partial charge in [0, 0.05) is 50.3 Å². The Hall–Kier alpha value is -4.59. The Balaban J connectivity index is 1.62. The second-order valence-corrected chi connectivity index (χ2v) is 17.6. The molecule has 3 N–H and O–H groups in total. The highest BCUT2D eigenvalue weighted by Gasteiger charge is 2.28. The Morgan fingerprint density at radius 1 is 0.811 bits per heavy atom. The molecule has 1 aliphatic rings. The van der Waals surface area contributed by atoms with Crippen molar-refractivity contribution < 1.29 is 47.3 Å². The molecule has 0 saturated carbocycles. The molecule has 0 bridgehead atoms. The van der Waals surface area contributed by atoms with Gasteiger partial charge in [0.25, 0.3) is 0 Å². The van der Waals surface area contributed by atoms with Gasteiger partial charge in [-0.15, -0.1) is 0 Å². The molecule has 290 valence electrons. The van der Waals surface area contributed by atoms with E-state index in [4.69, 9.17) is 23.5 Å². The van der Waals surface area contributed by atoms with Gasteiger partial charge in [0.15, 0.2) is 0 Å². The van der Waals surface area contributed by atoms with Crippen LogP contribution in [0.4, 0.5) is 20.1 Å². The summed E-state index contributed by atoms with van der Waals surface area (Å²) in [6.07, 6.45) is -1.85. The fourth-order valence-electron chi connectivity index (χ4n) is 5.39. The minimum Gasteiger partial charge on any atom is -0.492 e. The Kier molecular flexibility index (Phi) is 12.3. The summed E-state index contributed by atoms with van der Waals surface area (Å²) < 4.78 is 41.4. The number of ether oxygens (including phenoxy) is 4. The summed E-state index contributed by atoms with van der Waals surface area (Å²) in [5.74, 6) is 0.503. The van der Waals surface area contributed by atoms with Crippen molar-refractivity contribution in [2.75, 3.05) is 51.3 Å². The van der Waals surface area contributed by atoms with E-state index < -0.39 is 36.6 Å². The lowest BCUT2D eigenvalue weighted by atomic mass is 10.0. The van der Waals surface area contributed by atoms with Crippen LogP contribution in [-0.2, 0) is 18.8 Å². The third kappa shape index (κ3) is 12.2. The van der Waals surface area contributed by atoms with E-state index in [1.54, 1.807) is 70.7 Å². The van der Waals surface area contributed by atoms with Crippen LogP contribution in [0.15, 0.2) is 42.5 Å². The third-order valence-corrected chi connectivity index (χ3v) is 8.03. The Bertz CT molecular complexity index is 1890. The van der Waals surface area contributed by atoms with E-state index in [0.29, 0.717) is 56.0 Å². The van der Waals surface area contributed by atoms with Gasteiger partial charge in [-0.1, -0.05) is 0 Å². The van der Waals surface area contributed by atoms with Crippen LogP contribution >= 0.6 is 7.60 Å². The first-order chi connectivity index (χ1) is 24.4. The number of carbonyl (C=O) groups is 3. The van der Waals surface area contributed by atoms with Gasteiger partial charge in [-0.3, -0.25) is 15.6 Å². The summed E-state index contributed by atoms with van der Waals surface area (Å²) in [5.41, 5.74) is -1.69. The smallest absolute Gasteiger partial charge is 0.419 e. The number of nitrogens with one attached hydrogen (secondary N) is 2. The van der Waals surface area contributed by atoms with Crippen molar-refractivity contribution in [2.45, 2.75) is 79.1 Å². The predicted octanol–water partition coefficient (Wildman–Crippen LogP) is 7.31. The van der Waals surface area contributed by atoms with Crippen LogP contribution in [0.5, 0.6) is 11.5 Å². The van der Waals surface area contributed by atoms with E-state index in [2.05, 4.69) is 10.2 Å². The fourth-order valence-corrected chi connectivity index (χ4v) is 5.89. The molecule has 2 aromatic carbocycles. The van der Waals surface area contributed by atoms with Crippen LogP contribution in [0.2, 0.25) is 0 Å². The van der Waals surface area contributed by atoms with Gasteiger partial charge in [-0.2, -0.15) is 0 Å². The minimum atomic E-state index is -3.99. The zero-order valence-electron chi connectivity index (χ0n) is 32.2. The summed E-state index contributed by atoms with van der Waals surface area (Å²) in [7, 11) is -3.99. The van der Waals surface area contributed by atoms with Gasteiger partial charge in [-0.25, -0.2) is 23.5 Å². The van der Waals surface area contributed by atoms with E-state index in [9.17, 15) is 29.3 Å². The van der Waals surface area contributed by atoms with E-state index in [1.807, 2.05) is 20.8 Å². The molecule has 3 aromatic rings. The lowest BCUT2D eigenvalue weighted by Crippen LogP contribution is -2.50. The molecule has 2 amide bonds. The fraction of sp³-hybridized carbons (Fsp3) is 0.514. The molecular weight excluding hydrogens is 705 g/mol. The number of hydrogen-bond donors (Lipinski definition) is 3. The van der Waals surface area contributed by atoms with Crippen LogP contribution in [0.25, 0.3) is 10.9 Å². The van der Waals surface area contributed by atoms with Gasteiger partial charge >= 0.3 is 25.9 Å². The standard InChI is InChI=1S/C37H52N5O10P/c1-35(2,3)49-32(43)39-28-13-11-26(52-53(10,46)47)23-27(28)31(38)30-22-24-21-25(12-14-29(24)42(30)34(45)51-37(7,8)9)48-20-19-40-15-17-41(18-16-40)33(44)50-36(4,5)6/h11-14,21-23,38H,15-20H2,1-10H3,(H,39,43)(H,46,47). The van der Waals surface area contributed by atoms with Crippen molar-refractivity contribution >= 4 is 48.2 Å². The zero-order chi connectivity index (χ0) is 39.5. The number of benzene rings is 2. The molecule has 4 rings (SSSR count). The molecule has 2 heterocycles.